The molecule has 0 atom stereocenters. The number of anilines is 3. The van der Waals surface area contributed by atoms with Gasteiger partial charge in [-0.25, -0.2) is 13.4 Å². The van der Waals surface area contributed by atoms with Crippen molar-refractivity contribution in [3.8, 4) is 17.0 Å². The minimum Gasteiger partial charge on any atom is -0.492 e. The number of nitrogens with zero attached hydrogens (tertiary/aromatic N) is 2. The number of benzene rings is 1. The summed E-state index contributed by atoms with van der Waals surface area (Å²) in [6, 6.07) is 9.74. The Hall–Kier alpha value is -4.13. The Morgan fingerprint density at radius 2 is 1.89 bits per heavy atom. The topological polar surface area (TPSA) is 189 Å². The van der Waals surface area contributed by atoms with Gasteiger partial charge in [-0.3, -0.25) is 19.4 Å². The second-order valence-electron chi connectivity index (χ2n) is 7.47. The molecule has 2 aromatic heterocycles. The number of carboxylic acid groups (broad SMARTS) is 1. The monoisotopic (exact) mass is 502 g/mol. The molecule has 0 aliphatic heterocycles. The van der Waals surface area contributed by atoms with E-state index in [9.17, 15) is 18.0 Å². The van der Waals surface area contributed by atoms with Crippen LogP contribution in [0.5, 0.6) is 5.75 Å². The van der Waals surface area contributed by atoms with Crippen molar-refractivity contribution in [1.82, 2.24) is 15.2 Å². The lowest BCUT2D eigenvalue weighted by atomic mass is 10.1. The quantitative estimate of drug-likeness (QED) is 0.219. The van der Waals surface area contributed by atoms with Crippen LogP contribution in [-0.2, 0) is 14.8 Å². The first-order valence-electron chi connectivity index (χ1n) is 10.7. The molecule has 0 spiro atoms. The molecule has 0 saturated carbocycles. The number of amides is 1. The summed E-state index contributed by atoms with van der Waals surface area (Å²) >= 11 is 0. The van der Waals surface area contributed by atoms with E-state index in [1.165, 1.54) is 13.1 Å². The first-order chi connectivity index (χ1) is 16.7. The number of pyridine rings is 1. The Bertz CT molecular complexity index is 1270. The zero-order valence-electron chi connectivity index (χ0n) is 18.9. The number of nitrogens with one attached hydrogen (secondary N) is 3. The maximum absolute atomic E-state index is 12.2. The van der Waals surface area contributed by atoms with E-state index in [0.717, 1.165) is 0 Å². The number of H-pyrrole nitrogens is 1. The molecule has 0 unspecified atom stereocenters. The summed E-state index contributed by atoms with van der Waals surface area (Å²) < 4.78 is 31.5. The fourth-order valence-electron chi connectivity index (χ4n) is 3.07. The van der Waals surface area contributed by atoms with Gasteiger partial charge in [-0.2, -0.15) is 5.10 Å². The van der Waals surface area contributed by atoms with Crippen molar-refractivity contribution in [2.45, 2.75) is 26.2 Å². The Morgan fingerprint density at radius 3 is 2.49 bits per heavy atom. The van der Waals surface area contributed by atoms with Crippen molar-refractivity contribution in [2.75, 3.05) is 22.4 Å². The molecule has 0 aliphatic carbocycles. The third-order valence-electron chi connectivity index (χ3n) is 4.88. The highest BCUT2D eigenvalue weighted by Gasteiger charge is 2.20. The van der Waals surface area contributed by atoms with Gasteiger partial charge < -0.3 is 20.9 Å². The predicted molar refractivity (Wildman–Crippen MR) is 130 cm³/mol. The molecule has 12 nitrogen and oxygen atoms in total. The number of hydrogen-bond acceptors (Lipinski definition) is 8. The standard InChI is InChI=1S/C22H26N6O6S/c1-2-35(32,33)28-15-8-6-14(7-9-15)20-19(21(23)31)22(27-26-20)25-17-11-10-16(13-24-17)34-12-4-3-5-18(29)30/h6-11,13,28H,2-5,12H2,1H3,(H2,23,31)(H,29,30)(H2,24,25,26,27). The van der Waals surface area contributed by atoms with Gasteiger partial charge in [0, 0.05) is 17.7 Å². The van der Waals surface area contributed by atoms with Crippen molar-refractivity contribution in [3.05, 3.63) is 48.2 Å². The van der Waals surface area contributed by atoms with Crippen LogP contribution in [0.1, 0.15) is 36.5 Å². The number of hydrogen-bond donors (Lipinski definition) is 5. The van der Waals surface area contributed by atoms with Crippen molar-refractivity contribution in [3.63, 3.8) is 0 Å². The van der Waals surface area contributed by atoms with Crippen LogP contribution >= 0.6 is 0 Å². The van der Waals surface area contributed by atoms with E-state index in [2.05, 4.69) is 25.2 Å². The molecule has 2 heterocycles. The van der Waals surface area contributed by atoms with Gasteiger partial charge in [0.2, 0.25) is 10.0 Å². The maximum atomic E-state index is 12.2. The second kappa shape index (κ2) is 11.3. The van der Waals surface area contributed by atoms with Crippen molar-refractivity contribution < 1.29 is 27.9 Å². The molecule has 0 radical (unpaired) electrons. The predicted octanol–water partition coefficient (Wildman–Crippen LogP) is 2.71. The van der Waals surface area contributed by atoms with Gasteiger partial charge in [0.25, 0.3) is 5.91 Å². The number of aromatic nitrogens is 3. The fraction of sp³-hybridized carbons (Fsp3) is 0.273. The van der Waals surface area contributed by atoms with Crippen LogP contribution in [0.3, 0.4) is 0 Å². The minimum atomic E-state index is -3.41. The van der Waals surface area contributed by atoms with Crippen molar-refractivity contribution >= 4 is 39.2 Å². The normalized spacial score (nSPS) is 11.1. The van der Waals surface area contributed by atoms with E-state index in [4.69, 9.17) is 15.6 Å². The number of aromatic amines is 1. The van der Waals surface area contributed by atoms with Gasteiger partial charge in [-0.1, -0.05) is 12.1 Å². The average Bonchev–Trinajstić information content (AvgIpc) is 3.24. The van der Waals surface area contributed by atoms with Gasteiger partial charge in [-0.15, -0.1) is 0 Å². The molecular formula is C22H26N6O6S. The molecule has 13 heteroatoms. The van der Waals surface area contributed by atoms with Crippen LogP contribution < -0.4 is 20.5 Å². The third-order valence-corrected chi connectivity index (χ3v) is 6.18. The number of ether oxygens (including phenoxy) is 1. The lowest BCUT2D eigenvalue weighted by Crippen LogP contribution is -2.14. The molecule has 0 aliphatic rings. The Balaban J connectivity index is 1.69. The van der Waals surface area contributed by atoms with Crippen LogP contribution in [0.15, 0.2) is 42.6 Å². The van der Waals surface area contributed by atoms with E-state index in [-0.39, 0.29) is 23.6 Å². The Kier molecular flexibility index (Phi) is 8.25. The van der Waals surface area contributed by atoms with E-state index < -0.39 is 21.9 Å². The zero-order chi connectivity index (χ0) is 25.4. The molecule has 3 aromatic rings. The first-order valence-corrected chi connectivity index (χ1v) is 12.4. The molecule has 6 N–H and O–H groups in total. The molecule has 1 aromatic carbocycles. The largest absolute Gasteiger partial charge is 0.492 e. The van der Waals surface area contributed by atoms with Gasteiger partial charge >= 0.3 is 5.97 Å². The summed E-state index contributed by atoms with van der Waals surface area (Å²) in [5.74, 6) is -0.512. The summed E-state index contributed by atoms with van der Waals surface area (Å²) in [5.41, 5.74) is 7.05. The van der Waals surface area contributed by atoms with Gasteiger partial charge in [0.05, 0.1) is 24.3 Å². The zero-order valence-corrected chi connectivity index (χ0v) is 19.8. The Morgan fingerprint density at radius 1 is 1.14 bits per heavy atom. The number of carbonyl (C=O) groups is 2. The highest BCUT2D eigenvalue weighted by molar-refractivity contribution is 7.92. The van der Waals surface area contributed by atoms with E-state index in [1.54, 1.807) is 36.4 Å². The lowest BCUT2D eigenvalue weighted by Gasteiger charge is -2.08. The maximum Gasteiger partial charge on any atom is 0.303 e. The number of sulfonamides is 1. The number of carboxylic acids is 1. The van der Waals surface area contributed by atoms with Gasteiger partial charge in [0.15, 0.2) is 5.82 Å². The smallest absolute Gasteiger partial charge is 0.303 e. The molecule has 3 rings (SSSR count). The molecule has 1 amide bonds. The molecule has 0 saturated heterocycles. The molecule has 186 valence electrons. The van der Waals surface area contributed by atoms with E-state index in [0.29, 0.717) is 48.0 Å². The molecule has 35 heavy (non-hydrogen) atoms. The SMILES string of the molecule is CCS(=O)(=O)Nc1ccc(-c2[nH]nc(Nc3ccc(OCCCCC(=O)O)cn3)c2C(N)=O)cc1. The number of carbonyl (C=O) groups excluding carboxylic acids is 1. The average molecular weight is 503 g/mol. The van der Waals surface area contributed by atoms with Crippen LogP contribution in [0, 0.1) is 0 Å². The highest BCUT2D eigenvalue weighted by atomic mass is 32.2. The number of nitrogens with two attached hydrogens (primary N) is 1. The van der Waals surface area contributed by atoms with E-state index >= 15 is 0 Å². The summed E-state index contributed by atoms with van der Waals surface area (Å²) in [6.45, 7) is 1.91. The Labute approximate surface area is 202 Å². The van der Waals surface area contributed by atoms with Crippen LogP contribution in [0.2, 0.25) is 0 Å². The van der Waals surface area contributed by atoms with E-state index in [1.807, 2.05) is 0 Å². The molecule has 0 fully saturated rings. The first kappa shape index (κ1) is 25.5. The van der Waals surface area contributed by atoms with Gasteiger partial charge in [-0.05, 0) is 44.0 Å². The number of rotatable bonds is 13. The highest BCUT2D eigenvalue weighted by Crippen LogP contribution is 2.29. The van der Waals surface area contributed by atoms with Crippen LogP contribution in [0.25, 0.3) is 11.3 Å². The van der Waals surface area contributed by atoms with Crippen LogP contribution in [-0.4, -0.2) is 52.9 Å². The summed E-state index contributed by atoms with van der Waals surface area (Å²) in [7, 11) is -3.41. The molecular weight excluding hydrogens is 476 g/mol. The third kappa shape index (κ3) is 7.17. The second-order valence-corrected chi connectivity index (χ2v) is 9.48. The molecule has 0 bridgehead atoms. The summed E-state index contributed by atoms with van der Waals surface area (Å²) in [4.78, 5) is 26.9. The minimum absolute atomic E-state index is 0.0515. The lowest BCUT2D eigenvalue weighted by molar-refractivity contribution is -0.137. The number of aliphatic carboxylic acids is 1. The van der Waals surface area contributed by atoms with Crippen molar-refractivity contribution in [2.24, 2.45) is 5.73 Å². The van der Waals surface area contributed by atoms with Gasteiger partial charge in [0.1, 0.15) is 17.1 Å². The fourth-order valence-corrected chi connectivity index (χ4v) is 3.71. The summed E-state index contributed by atoms with van der Waals surface area (Å²) in [6.07, 6.45) is 2.72. The van der Waals surface area contributed by atoms with Crippen LogP contribution in [0.4, 0.5) is 17.3 Å². The number of primary amides is 1. The number of unbranched alkanes of at least 4 members (excludes halogenated alkanes) is 1. The summed E-state index contributed by atoms with van der Waals surface area (Å²) in [5, 5.41) is 18.5. The van der Waals surface area contributed by atoms with Crippen molar-refractivity contribution in [1.29, 1.82) is 0 Å².